The molecular weight excluding hydrogens is 336 g/mol. The monoisotopic (exact) mass is 348 g/mol. The van der Waals surface area contributed by atoms with E-state index in [-0.39, 0.29) is 24.8 Å². The molecule has 0 radical (unpaired) electrons. The van der Waals surface area contributed by atoms with Gasteiger partial charge in [0.2, 0.25) is 20.9 Å². The van der Waals surface area contributed by atoms with E-state index in [2.05, 4.69) is 15.0 Å². The second-order valence-electron chi connectivity index (χ2n) is 5.06. The van der Waals surface area contributed by atoms with E-state index in [0.717, 1.165) is 12.8 Å². The second-order valence-corrected chi connectivity index (χ2v) is 8.74. The van der Waals surface area contributed by atoms with E-state index < -0.39 is 14.3 Å². The van der Waals surface area contributed by atoms with Crippen LogP contribution in [-0.2, 0) is 13.8 Å². The minimum absolute atomic E-state index is 0.00733. The van der Waals surface area contributed by atoms with Gasteiger partial charge in [0.05, 0.1) is 0 Å². The van der Waals surface area contributed by atoms with Gasteiger partial charge >= 0.3 is 0 Å². The predicted octanol–water partition coefficient (Wildman–Crippen LogP) is 1.14. The summed E-state index contributed by atoms with van der Waals surface area (Å²) in [4.78, 5) is 26.2. The van der Waals surface area contributed by atoms with E-state index in [1.54, 1.807) is 0 Å². The molecule has 0 bridgehead atoms. The average molecular weight is 349 g/mol. The number of aromatic nitrogens is 3. The lowest BCUT2D eigenvalue weighted by Crippen LogP contribution is -2.29. The molecule has 1 saturated heterocycles. The Morgan fingerprint density at radius 1 is 1.29 bits per heavy atom. The van der Waals surface area contributed by atoms with Crippen LogP contribution in [0.4, 0.5) is 5.95 Å². The first-order valence-corrected chi connectivity index (χ1v) is 10.0. The van der Waals surface area contributed by atoms with Crippen molar-refractivity contribution in [3.05, 3.63) is 5.82 Å². The first-order valence-electron chi connectivity index (χ1n) is 6.42. The van der Waals surface area contributed by atoms with Gasteiger partial charge < -0.3 is 0 Å². The Morgan fingerprint density at radius 2 is 2.00 bits per heavy atom. The summed E-state index contributed by atoms with van der Waals surface area (Å²) in [7, 11) is 1.57. The molecule has 1 aliphatic carbocycles. The minimum Gasteiger partial charge on any atom is -0.279 e. The van der Waals surface area contributed by atoms with Crippen LogP contribution in [0.2, 0.25) is 0 Å². The minimum atomic E-state index is -3.77. The zero-order chi connectivity index (χ0) is 15.2. The van der Waals surface area contributed by atoms with Crippen LogP contribution in [-0.4, -0.2) is 47.3 Å². The number of hydrogen-bond donors (Lipinski definition) is 0. The van der Waals surface area contributed by atoms with Gasteiger partial charge in [0, 0.05) is 29.6 Å². The highest BCUT2D eigenvalue weighted by Gasteiger charge is 2.40. The summed E-state index contributed by atoms with van der Waals surface area (Å²) in [6, 6.07) is 0. The number of thioether (sulfide) groups is 1. The smallest absolute Gasteiger partial charge is 0.237 e. The van der Waals surface area contributed by atoms with Crippen molar-refractivity contribution >= 4 is 43.4 Å². The van der Waals surface area contributed by atoms with E-state index in [9.17, 15) is 13.2 Å². The lowest BCUT2D eigenvalue weighted by molar-refractivity contribution is -0.117. The van der Waals surface area contributed by atoms with Crippen molar-refractivity contribution in [1.29, 1.82) is 0 Å². The van der Waals surface area contributed by atoms with Crippen molar-refractivity contribution in [2.75, 3.05) is 17.7 Å². The van der Waals surface area contributed by atoms with Gasteiger partial charge in [0.15, 0.2) is 5.16 Å². The van der Waals surface area contributed by atoms with Gasteiger partial charge in [-0.15, -0.1) is 0 Å². The van der Waals surface area contributed by atoms with Crippen LogP contribution < -0.4 is 4.90 Å². The molecule has 1 unspecified atom stereocenters. The predicted molar refractivity (Wildman–Crippen MR) is 79.1 cm³/mol. The van der Waals surface area contributed by atoms with Crippen molar-refractivity contribution in [3.63, 3.8) is 0 Å². The fourth-order valence-corrected chi connectivity index (χ4v) is 3.54. The maximum atomic E-state index is 12.0. The molecule has 0 spiro atoms. The third-order valence-corrected chi connectivity index (χ3v) is 5.89. The number of halogens is 1. The van der Waals surface area contributed by atoms with Gasteiger partial charge in [-0.2, -0.15) is 9.97 Å². The highest BCUT2D eigenvalue weighted by molar-refractivity contribution is 8.14. The number of carbonyl (C=O) groups excluding carboxylic acids is 1. The van der Waals surface area contributed by atoms with Gasteiger partial charge in [-0.3, -0.25) is 9.69 Å². The Labute approximate surface area is 130 Å². The fourth-order valence-electron chi connectivity index (χ4n) is 2.15. The topological polar surface area (TPSA) is 93.1 Å². The number of nitrogens with zero attached hydrogens (tertiary/aromatic N) is 4. The molecule has 0 N–H and O–H groups in total. The van der Waals surface area contributed by atoms with Crippen molar-refractivity contribution in [3.8, 4) is 0 Å². The summed E-state index contributed by atoms with van der Waals surface area (Å²) in [6.45, 7) is -0.00733. The zero-order valence-corrected chi connectivity index (χ0v) is 13.6. The van der Waals surface area contributed by atoms with Crippen LogP contribution in [0.25, 0.3) is 0 Å². The Hall–Kier alpha value is -0.930. The van der Waals surface area contributed by atoms with Gasteiger partial charge in [0.1, 0.15) is 11.1 Å². The van der Waals surface area contributed by atoms with E-state index in [0.29, 0.717) is 16.9 Å². The number of rotatable bonds is 4. The number of hydrogen-bond acceptors (Lipinski definition) is 7. The van der Waals surface area contributed by atoms with E-state index >= 15 is 0 Å². The van der Waals surface area contributed by atoms with E-state index in [4.69, 9.17) is 10.7 Å². The zero-order valence-electron chi connectivity index (χ0n) is 11.2. The second kappa shape index (κ2) is 5.36. The van der Waals surface area contributed by atoms with Crippen molar-refractivity contribution in [2.45, 2.75) is 35.6 Å². The maximum Gasteiger partial charge on any atom is 0.237 e. The molecule has 1 saturated carbocycles. The van der Waals surface area contributed by atoms with Gasteiger partial charge in [-0.05, 0) is 19.1 Å². The standard InChI is InChI=1S/C11H13ClN4O3S2/c1-20-11-14-9(6-2-3-6)13-10(15-11)16-5-7(4-8(16)17)21(12,18)19/h6-7H,2-5H2,1H3. The van der Waals surface area contributed by atoms with Crippen LogP contribution in [0, 0.1) is 0 Å². The Balaban J connectivity index is 1.93. The summed E-state index contributed by atoms with van der Waals surface area (Å²) in [5.41, 5.74) is 0. The van der Waals surface area contributed by atoms with Crippen LogP contribution in [0.15, 0.2) is 5.16 Å². The lowest BCUT2D eigenvalue weighted by Gasteiger charge is -2.15. The average Bonchev–Trinajstić information content (AvgIpc) is 3.19. The summed E-state index contributed by atoms with van der Waals surface area (Å²) in [5, 5.41) is -0.377. The molecule has 1 aliphatic heterocycles. The highest BCUT2D eigenvalue weighted by Crippen LogP contribution is 2.39. The Bertz CT molecular complexity index is 693. The van der Waals surface area contributed by atoms with Crippen LogP contribution in [0.1, 0.15) is 31.0 Å². The van der Waals surface area contributed by atoms with Crippen LogP contribution >= 0.6 is 22.4 Å². The molecule has 7 nitrogen and oxygen atoms in total. The van der Waals surface area contributed by atoms with Gasteiger partial charge in [0.25, 0.3) is 0 Å². The maximum absolute atomic E-state index is 12.0. The lowest BCUT2D eigenvalue weighted by atomic mass is 10.4. The number of anilines is 1. The first kappa shape index (κ1) is 15.0. The molecule has 114 valence electrons. The summed E-state index contributed by atoms with van der Waals surface area (Å²) >= 11 is 1.36. The molecule has 2 heterocycles. The van der Waals surface area contributed by atoms with Crippen molar-refractivity contribution < 1.29 is 13.2 Å². The molecular formula is C11H13ClN4O3S2. The summed E-state index contributed by atoms with van der Waals surface area (Å²) < 4.78 is 22.8. The van der Waals surface area contributed by atoms with E-state index in [1.807, 2.05) is 6.26 Å². The molecule has 1 amide bonds. The van der Waals surface area contributed by atoms with Crippen LogP contribution in [0.5, 0.6) is 0 Å². The largest absolute Gasteiger partial charge is 0.279 e. The SMILES string of the molecule is CSc1nc(C2CC2)nc(N2CC(S(=O)(=O)Cl)CC2=O)n1. The highest BCUT2D eigenvalue weighted by atomic mass is 35.7. The molecule has 0 aromatic carbocycles. The Morgan fingerprint density at radius 3 is 2.52 bits per heavy atom. The molecule has 21 heavy (non-hydrogen) atoms. The number of amides is 1. The molecule has 1 atom stereocenters. The van der Waals surface area contributed by atoms with Crippen molar-refractivity contribution in [2.24, 2.45) is 0 Å². The third-order valence-electron chi connectivity index (χ3n) is 3.47. The summed E-state index contributed by atoms with van der Waals surface area (Å²) in [5.74, 6) is 0.894. The van der Waals surface area contributed by atoms with Crippen molar-refractivity contribution in [1.82, 2.24) is 15.0 Å². The first-order chi connectivity index (χ1) is 9.88. The molecule has 2 aliphatic rings. The third kappa shape index (κ3) is 3.14. The van der Waals surface area contributed by atoms with Gasteiger partial charge in [-0.25, -0.2) is 13.4 Å². The quantitative estimate of drug-likeness (QED) is 0.595. The fraction of sp³-hybridized carbons (Fsp3) is 0.636. The molecule has 1 aromatic heterocycles. The van der Waals surface area contributed by atoms with Gasteiger partial charge in [-0.1, -0.05) is 11.8 Å². The number of carbonyl (C=O) groups is 1. The molecule has 3 rings (SSSR count). The molecule has 2 fully saturated rings. The van der Waals surface area contributed by atoms with Crippen LogP contribution in [0.3, 0.4) is 0 Å². The molecule has 10 heteroatoms. The summed E-state index contributed by atoms with van der Waals surface area (Å²) in [6.07, 6.45) is 3.77. The Kier molecular flexibility index (Phi) is 3.83. The normalized spacial score (nSPS) is 22.9. The molecule has 1 aromatic rings. The van der Waals surface area contributed by atoms with E-state index in [1.165, 1.54) is 16.7 Å².